The van der Waals surface area contributed by atoms with E-state index in [-0.39, 0.29) is 0 Å². The lowest BCUT2D eigenvalue weighted by molar-refractivity contribution is 0.0464. The van der Waals surface area contributed by atoms with Crippen molar-refractivity contribution in [2.45, 2.75) is 70.0 Å². The molecule has 18 heavy (non-hydrogen) atoms. The highest BCUT2D eigenvalue weighted by atomic mass is 15.3. The topological polar surface area (TPSA) is 32.5 Å². The summed E-state index contributed by atoms with van der Waals surface area (Å²) in [4.78, 5) is 5.25. The number of nitrogens with two attached hydrogens (primary N) is 1. The van der Waals surface area contributed by atoms with Crippen LogP contribution in [0.3, 0.4) is 0 Å². The molecule has 0 spiro atoms. The molecule has 2 N–H and O–H groups in total. The molecule has 2 aliphatic rings. The Morgan fingerprint density at radius 2 is 1.83 bits per heavy atom. The second-order valence-electron chi connectivity index (χ2n) is 6.88. The summed E-state index contributed by atoms with van der Waals surface area (Å²) in [6.07, 6.45) is 8.32. The van der Waals surface area contributed by atoms with Gasteiger partial charge in [-0.2, -0.15) is 0 Å². The van der Waals surface area contributed by atoms with E-state index < -0.39 is 0 Å². The molecule has 106 valence electrons. The summed E-state index contributed by atoms with van der Waals surface area (Å²) < 4.78 is 0. The van der Waals surface area contributed by atoms with E-state index in [1.807, 2.05) is 0 Å². The van der Waals surface area contributed by atoms with Crippen LogP contribution in [0.15, 0.2) is 0 Å². The van der Waals surface area contributed by atoms with E-state index >= 15 is 0 Å². The molecule has 1 saturated carbocycles. The van der Waals surface area contributed by atoms with Crippen molar-refractivity contribution in [2.24, 2.45) is 5.73 Å². The first-order chi connectivity index (χ1) is 8.54. The van der Waals surface area contributed by atoms with Gasteiger partial charge in [-0.15, -0.1) is 0 Å². The van der Waals surface area contributed by atoms with Crippen LogP contribution in [-0.4, -0.2) is 54.1 Å². The zero-order valence-corrected chi connectivity index (χ0v) is 12.5. The van der Waals surface area contributed by atoms with Crippen molar-refractivity contribution in [1.29, 1.82) is 0 Å². The molecule has 0 radical (unpaired) electrons. The lowest BCUT2D eigenvalue weighted by Gasteiger charge is -2.45. The minimum atomic E-state index is 0.334. The molecule has 1 heterocycles. The molecule has 0 aromatic heterocycles. The minimum absolute atomic E-state index is 0.334. The highest BCUT2D eigenvalue weighted by molar-refractivity contribution is 4.94. The summed E-state index contributed by atoms with van der Waals surface area (Å²) in [5, 5.41) is 0. The van der Waals surface area contributed by atoms with Crippen molar-refractivity contribution in [3.8, 4) is 0 Å². The SMILES string of the molecule is CN1CCC(C)(C)N(C2CCCCC2)CC1CN. The van der Waals surface area contributed by atoms with Crippen LogP contribution in [0.1, 0.15) is 52.4 Å². The summed E-state index contributed by atoms with van der Waals surface area (Å²) in [5.41, 5.74) is 6.31. The molecule has 0 bridgehead atoms. The number of rotatable bonds is 2. The Kier molecular flexibility index (Phi) is 4.68. The predicted molar refractivity (Wildman–Crippen MR) is 77.7 cm³/mol. The fourth-order valence-corrected chi connectivity index (χ4v) is 3.68. The van der Waals surface area contributed by atoms with Crippen LogP contribution in [0.4, 0.5) is 0 Å². The molecule has 1 atom stereocenters. The van der Waals surface area contributed by atoms with Gasteiger partial charge in [-0.3, -0.25) is 4.90 Å². The van der Waals surface area contributed by atoms with Crippen LogP contribution in [0.5, 0.6) is 0 Å². The number of likely N-dealkylation sites (N-methyl/N-ethyl adjacent to an activating group) is 1. The Morgan fingerprint density at radius 1 is 1.17 bits per heavy atom. The highest BCUT2D eigenvalue weighted by Gasteiger charge is 2.37. The van der Waals surface area contributed by atoms with Crippen LogP contribution in [-0.2, 0) is 0 Å². The van der Waals surface area contributed by atoms with E-state index in [2.05, 4.69) is 30.7 Å². The zero-order chi connectivity index (χ0) is 13.2. The Balaban J connectivity index is 2.12. The van der Waals surface area contributed by atoms with Crippen LogP contribution in [0.25, 0.3) is 0 Å². The van der Waals surface area contributed by atoms with Gasteiger partial charge in [0.2, 0.25) is 0 Å². The molecule has 0 amide bonds. The number of hydrogen-bond acceptors (Lipinski definition) is 3. The van der Waals surface area contributed by atoms with E-state index in [4.69, 9.17) is 5.73 Å². The van der Waals surface area contributed by atoms with Gasteiger partial charge in [0.15, 0.2) is 0 Å². The Labute approximate surface area is 113 Å². The molecule has 0 aromatic carbocycles. The molecular formula is C15H31N3. The molecule has 0 aromatic rings. The summed E-state index contributed by atoms with van der Waals surface area (Å²) in [5.74, 6) is 0. The highest BCUT2D eigenvalue weighted by Crippen LogP contribution is 2.32. The first kappa shape index (κ1) is 14.3. The van der Waals surface area contributed by atoms with Gasteiger partial charge in [0.05, 0.1) is 0 Å². The molecule has 1 aliphatic carbocycles. The molecule has 1 saturated heterocycles. The van der Waals surface area contributed by atoms with Gasteiger partial charge < -0.3 is 10.6 Å². The third-order valence-corrected chi connectivity index (χ3v) is 5.17. The molecule has 2 rings (SSSR count). The fraction of sp³-hybridized carbons (Fsp3) is 1.00. The van der Waals surface area contributed by atoms with Crippen molar-refractivity contribution in [3.05, 3.63) is 0 Å². The first-order valence-electron chi connectivity index (χ1n) is 7.71. The second kappa shape index (κ2) is 5.89. The zero-order valence-electron chi connectivity index (χ0n) is 12.5. The smallest absolute Gasteiger partial charge is 0.0342 e. The standard InChI is InChI=1S/C15H31N3/c1-15(2)9-10-17(3)14(11-16)12-18(15)13-7-5-4-6-8-13/h13-14H,4-12,16H2,1-3H3. The molecule has 1 unspecified atom stereocenters. The van der Waals surface area contributed by atoms with Gasteiger partial charge in [-0.1, -0.05) is 19.3 Å². The molecule has 1 aliphatic heterocycles. The Morgan fingerprint density at radius 3 is 2.44 bits per heavy atom. The quantitative estimate of drug-likeness (QED) is 0.817. The Bertz CT molecular complexity index is 258. The fourth-order valence-electron chi connectivity index (χ4n) is 3.68. The Hall–Kier alpha value is -0.120. The van der Waals surface area contributed by atoms with E-state index in [0.29, 0.717) is 11.6 Å². The van der Waals surface area contributed by atoms with Crippen molar-refractivity contribution in [1.82, 2.24) is 9.80 Å². The monoisotopic (exact) mass is 253 g/mol. The maximum atomic E-state index is 5.98. The van der Waals surface area contributed by atoms with Gasteiger partial charge in [0.25, 0.3) is 0 Å². The first-order valence-corrected chi connectivity index (χ1v) is 7.71. The molecular weight excluding hydrogens is 222 g/mol. The van der Waals surface area contributed by atoms with Crippen LogP contribution in [0, 0.1) is 0 Å². The third-order valence-electron chi connectivity index (χ3n) is 5.17. The molecule has 3 nitrogen and oxygen atoms in total. The summed E-state index contributed by atoms with van der Waals surface area (Å²) in [6, 6.07) is 1.34. The normalized spacial score (nSPS) is 32.3. The van der Waals surface area contributed by atoms with E-state index in [1.165, 1.54) is 45.1 Å². The number of nitrogens with zero attached hydrogens (tertiary/aromatic N) is 2. The van der Waals surface area contributed by atoms with Gasteiger partial charge in [0.1, 0.15) is 0 Å². The predicted octanol–water partition coefficient (Wildman–Crippen LogP) is 2.06. The van der Waals surface area contributed by atoms with Crippen molar-refractivity contribution < 1.29 is 0 Å². The van der Waals surface area contributed by atoms with Crippen molar-refractivity contribution in [2.75, 3.05) is 26.7 Å². The largest absolute Gasteiger partial charge is 0.329 e. The van der Waals surface area contributed by atoms with Gasteiger partial charge in [-0.25, -0.2) is 0 Å². The average molecular weight is 253 g/mol. The third kappa shape index (κ3) is 3.06. The molecule has 3 heteroatoms. The number of hydrogen-bond donors (Lipinski definition) is 1. The van der Waals surface area contributed by atoms with E-state index in [9.17, 15) is 0 Å². The van der Waals surface area contributed by atoms with E-state index in [1.54, 1.807) is 0 Å². The van der Waals surface area contributed by atoms with Crippen LogP contribution in [0.2, 0.25) is 0 Å². The van der Waals surface area contributed by atoms with Crippen LogP contribution >= 0.6 is 0 Å². The second-order valence-corrected chi connectivity index (χ2v) is 6.88. The summed E-state index contributed by atoms with van der Waals surface area (Å²) in [7, 11) is 2.23. The van der Waals surface area contributed by atoms with Crippen molar-refractivity contribution >= 4 is 0 Å². The van der Waals surface area contributed by atoms with Crippen molar-refractivity contribution in [3.63, 3.8) is 0 Å². The van der Waals surface area contributed by atoms with Gasteiger partial charge >= 0.3 is 0 Å². The summed E-state index contributed by atoms with van der Waals surface area (Å²) in [6.45, 7) is 7.97. The minimum Gasteiger partial charge on any atom is -0.329 e. The van der Waals surface area contributed by atoms with E-state index in [0.717, 1.165) is 19.1 Å². The van der Waals surface area contributed by atoms with Gasteiger partial charge in [-0.05, 0) is 46.7 Å². The maximum absolute atomic E-state index is 5.98. The average Bonchev–Trinajstić information content (AvgIpc) is 2.48. The summed E-state index contributed by atoms with van der Waals surface area (Å²) >= 11 is 0. The molecule has 2 fully saturated rings. The lowest BCUT2D eigenvalue weighted by Crippen LogP contribution is -2.53. The van der Waals surface area contributed by atoms with Crippen LogP contribution < -0.4 is 5.73 Å². The maximum Gasteiger partial charge on any atom is 0.0342 e. The lowest BCUT2D eigenvalue weighted by atomic mass is 9.88. The van der Waals surface area contributed by atoms with Gasteiger partial charge in [0, 0.05) is 30.7 Å².